The molecule has 0 aromatic heterocycles. The van der Waals surface area contributed by atoms with E-state index in [1.807, 2.05) is 0 Å². The number of piperazine rings is 1. The highest BCUT2D eigenvalue weighted by molar-refractivity contribution is 7.99. The van der Waals surface area contributed by atoms with Crippen LogP contribution in [0.2, 0.25) is 0 Å². The van der Waals surface area contributed by atoms with Crippen molar-refractivity contribution in [3.8, 4) is 0 Å². The van der Waals surface area contributed by atoms with Gasteiger partial charge in [0.25, 0.3) is 0 Å². The van der Waals surface area contributed by atoms with Crippen LogP contribution in [0.4, 0.5) is 0 Å². The minimum absolute atomic E-state index is 0.779. The van der Waals surface area contributed by atoms with Crippen molar-refractivity contribution >= 4 is 11.8 Å². The summed E-state index contributed by atoms with van der Waals surface area (Å²) in [5, 5.41) is 4.82. The minimum Gasteiger partial charge on any atom is -0.311 e. The van der Waals surface area contributed by atoms with Crippen LogP contribution in [0.15, 0.2) is 0 Å². The van der Waals surface area contributed by atoms with E-state index in [4.69, 9.17) is 0 Å². The van der Waals surface area contributed by atoms with Crippen molar-refractivity contribution in [1.82, 2.24) is 10.2 Å². The van der Waals surface area contributed by atoms with Gasteiger partial charge >= 0.3 is 0 Å². The van der Waals surface area contributed by atoms with E-state index in [-0.39, 0.29) is 0 Å². The molecule has 2 saturated heterocycles. The summed E-state index contributed by atoms with van der Waals surface area (Å²) in [6.07, 6.45) is 13.0. The molecule has 21 heavy (non-hydrogen) atoms. The number of hydrogen-bond acceptors (Lipinski definition) is 3. The maximum absolute atomic E-state index is 3.91. The molecule has 0 aromatic carbocycles. The van der Waals surface area contributed by atoms with Gasteiger partial charge in [-0.25, -0.2) is 0 Å². The van der Waals surface area contributed by atoms with E-state index in [1.54, 1.807) is 0 Å². The highest BCUT2D eigenvalue weighted by atomic mass is 32.2. The molecule has 3 atom stereocenters. The summed E-state index contributed by atoms with van der Waals surface area (Å²) >= 11 is 2.24. The summed E-state index contributed by atoms with van der Waals surface area (Å²) < 4.78 is 0. The summed E-state index contributed by atoms with van der Waals surface area (Å²) in [7, 11) is 0. The molecule has 0 bridgehead atoms. The van der Waals surface area contributed by atoms with Crippen LogP contribution >= 0.6 is 11.8 Å². The quantitative estimate of drug-likeness (QED) is 0.847. The first-order valence-corrected chi connectivity index (χ1v) is 10.5. The van der Waals surface area contributed by atoms with E-state index >= 15 is 0 Å². The van der Waals surface area contributed by atoms with Gasteiger partial charge in [-0.05, 0) is 43.8 Å². The Kier molecular flexibility index (Phi) is 6.31. The fraction of sp³-hybridized carbons (Fsp3) is 1.00. The van der Waals surface area contributed by atoms with Gasteiger partial charge in [0.15, 0.2) is 0 Å². The molecule has 1 saturated carbocycles. The molecule has 1 aliphatic carbocycles. The molecule has 1 N–H and O–H groups in total. The van der Waals surface area contributed by atoms with Crippen LogP contribution in [0.25, 0.3) is 0 Å². The van der Waals surface area contributed by atoms with E-state index in [0.717, 1.165) is 23.3 Å². The molecule has 2 nitrogen and oxygen atoms in total. The van der Waals surface area contributed by atoms with Crippen molar-refractivity contribution in [2.75, 3.05) is 25.4 Å². The lowest BCUT2D eigenvalue weighted by molar-refractivity contribution is 0.0931. The molecule has 2 heterocycles. The lowest BCUT2D eigenvalue weighted by Gasteiger charge is -2.45. The summed E-state index contributed by atoms with van der Waals surface area (Å²) in [5.41, 5.74) is 0. The van der Waals surface area contributed by atoms with Crippen LogP contribution in [0.5, 0.6) is 0 Å². The molecule has 122 valence electrons. The van der Waals surface area contributed by atoms with Gasteiger partial charge in [-0.1, -0.05) is 32.6 Å². The van der Waals surface area contributed by atoms with Crippen LogP contribution in [-0.2, 0) is 0 Å². The normalized spacial score (nSPS) is 36.7. The topological polar surface area (TPSA) is 15.3 Å². The summed E-state index contributed by atoms with van der Waals surface area (Å²) in [4.78, 5) is 2.86. The SMILES string of the molecule is CCC1CNC(C2CCCCC2)CN1CC1CCCCS1. The van der Waals surface area contributed by atoms with Crippen LogP contribution in [0, 0.1) is 5.92 Å². The van der Waals surface area contributed by atoms with Gasteiger partial charge in [-0.3, -0.25) is 4.90 Å². The van der Waals surface area contributed by atoms with Crippen LogP contribution in [0.3, 0.4) is 0 Å². The Bertz CT molecular complexity index is 298. The zero-order valence-electron chi connectivity index (χ0n) is 13.9. The average Bonchev–Trinajstić information content (AvgIpc) is 2.56. The van der Waals surface area contributed by atoms with Gasteiger partial charge in [-0.2, -0.15) is 11.8 Å². The summed E-state index contributed by atoms with van der Waals surface area (Å²) in [6.45, 7) is 6.28. The molecule has 2 aliphatic heterocycles. The third kappa shape index (κ3) is 4.39. The second kappa shape index (κ2) is 8.21. The maximum Gasteiger partial charge on any atom is 0.0224 e. The highest BCUT2D eigenvalue weighted by Crippen LogP contribution is 2.31. The number of hydrogen-bond donors (Lipinski definition) is 1. The minimum atomic E-state index is 0.779. The molecular weight excluding hydrogens is 276 g/mol. The molecule has 0 aromatic rings. The molecule has 3 fully saturated rings. The summed E-state index contributed by atoms with van der Waals surface area (Å²) in [5.74, 6) is 2.36. The zero-order chi connectivity index (χ0) is 14.5. The Morgan fingerprint density at radius 1 is 1.05 bits per heavy atom. The monoisotopic (exact) mass is 310 g/mol. The molecule has 0 spiro atoms. The Morgan fingerprint density at radius 2 is 1.86 bits per heavy atom. The second-order valence-electron chi connectivity index (χ2n) is 7.42. The van der Waals surface area contributed by atoms with Crippen molar-refractivity contribution in [1.29, 1.82) is 0 Å². The highest BCUT2D eigenvalue weighted by Gasteiger charge is 2.33. The Balaban J connectivity index is 1.55. The van der Waals surface area contributed by atoms with E-state index < -0.39 is 0 Å². The Hall–Kier alpha value is 0.270. The van der Waals surface area contributed by atoms with Crippen LogP contribution in [0.1, 0.15) is 64.7 Å². The Labute approximate surface area is 135 Å². The molecule has 3 aliphatic rings. The summed E-state index contributed by atoms with van der Waals surface area (Å²) in [6, 6.07) is 1.56. The van der Waals surface area contributed by atoms with Crippen molar-refractivity contribution in [2.45, 2.75) is 82.0 Å². The second-order valence-corrected chi connectivity index (χ2v) is 8.83. The molecule has 3 rings (SSSR count). The zero-order valence-corrected chi connectivity index (χ0v) is 14.7. The third-order valence-electron chi connectivity index (χ3n) is 5.97. The number of thioether (sulfide) groups is 1. The van der Waals surface area contributed by atoms with Crippen molar-refractivity contribution in [3.63, 3.8) is 0 Å². The van der Waals surface area contributed by atoms with Gasteiger partial charge < -0.3 is 5.32 Å². The first-order chi connectivity index (χ1) is 10.4. The lowest BCUT2D eigenvalue weighted by Crippen LogP contribution is -2.59. The van der Waals surface area contributed by atoms with Gasteiger partial charge in [0.1, 0.15) is 0 Å². The average molecular weight is 311 g/mol. The predicted molar refractivity (Wildman–Crippen MR) is 94.1 cm³/mol. The standard InChI is InChI=1S/C18H34N2S/c1-2-16-12-19-18(15-8-4-3-5-9-15)14-20(16)13-17-10-6-7-11-21-17/h15-19H,2-14H2,1H3. The van der Waals surface area contributed by atoms with E-state index in [0.29, 0.717) is 0 Å². The van der Waals surface area contributed by atoms with Crippen LogP contribution in [-0.4, -0.2) is 47.6 Å². The number of rotatable bonds is 4. The van der Waals surface area contributed by atoms with Crippen molar-refractivity contribution in [3.05, 3.63) is 0 Å². The van der Waals surface area contributed by atoms with Gasteiger partial charge in [0, 0.05) is 37.0 Å². The number of nitrogens with zero attached hydrogens (tertiary/aromatic N) is 1. The lowest BCUT2D eigenvalue weighted by atomic mass is 9.82. The third-order valence-corrected chi connectivity index (χ3v) is 7.35. The molecular formula is C18H34N2S. The van der Waals surface area contributed by atoms with Crippen LogP contribution < -0.4 is 5.32 Å². The first-order valence-electron chi connectivity index (χ1n) is 9.46. The fourth-order valence-corrected chi connectivity index (χ4v) is 5.91. The van der Waals surface area contributed by atoms with E-state index in [1.165, 1.54) is 83.2 Å². The predicted octanol–water partition coefficient (Wildman–Crippen LogP) is 3.90. The van der Waals surface area contributed by atoms with E-state index in [2.05, 4.69) is 28.9 Å². The smallest absolute Gasteiger partial charge is 0.0224 e. The van der Waals surface area contributed by atoms with Gasteiger partial charge in [0.05, 0.1) is 0 Å². The molecule has 0 amide bonds. The maximum atomic E-state index is 3.91. The molecule has 3 unspecified atom stereocenters. The van der Waals surface area contributed by atoms with Crippen molar-refractivity contribution in [2.24, 2.45) is 5.92 Å². The first kappa shape index (κ1) is 16.1. The molecule has 3 heteroatoms. The number of nitrogens with one attached hydrogen (secondary N) is 1. The van der Waals surface area contributed by atoms with Gasteiger partial charge in [0.2, 0.25) is 0 Å². The van der Waals surface area contributed by atoms with E-state index in [9.17, 15) is 0 Å². The largest absolute Gasteiger partial charge is 0.311 e. The fourth-order valence-electron chi connectivity index (χ4n) is 4.57. The van der Waals surface area contributed by atoms with Gasteiger partial charge in [-0.15, -0.1) is 0 Å². The Morgan fingerprint density at radius 3 is 2.57 bits per heavy atom. The molecule has 0 radical (unpaired) electrons. The van der Waals surface area contributed by atoms with Crippen molar-refractivity contribution < 1.29 is 0 Å².